The number of methoxy groups -OCH3 is 1. The molecule has 0 atom stereocenters. The number of benzene rings is 5. The molecule has 0 bridgehead atoms. The average Bonchev–Trinajstić information content (AvgIpc) is 3.22. The van der Waals surface area contributed by atoms with Crippen molar-refractivity contribution >= 4 is 29.0 Å². The zero-order valence-corrected chi connectivity index (χ0v) is 33.3. The van der Waals surface area contributed by atoms with E-state index in [1.807, 2.05) is 0 Å². The number of ether oxygens (including phenoxy) is 7. The quantitative estimate of drug-likeness (QED) is 0.0247. The van der Waals surface area contributed by atoms with Crippen LogP contribution < -0.4 is 23.7 Å². The molecule has 0 aliphatic carbocycles. The molecule has 0 radical (unpaired) electrons. The third-order valence-corrected chi connectivity index (χ3v) is 10.2. The number of halogens is 4. The Morgan fingerprint density at radius 3 is 2.18 bits per heavy atom. The summed E-state index contributed by atoms with van der Waals surface area (Å²) in [6.45, 7) is 6.71. The molecule has 1 aliphatic heterocycles. The summed E-state index contributed by atoms with van der Waals surface area (Å²) in [4.78, 5) is 37.0. The van der Waals surface area contributed by atoms with Crippen LogP contribution >= 0.6 is 0 Å². The first kappa shape index (κ1) is 43.6. The highest BCUT2D eigenvalue weighted by molar-refractivity contribution is 6.03. The zero-order valence-electron chi connectivity index (χ0n) is 33.3. The summed E-state index contributed by atoms with van der Waals surface area (Å²) in [5, 5.41) is 0.0372. The van der Waals surface area contributed by atoms with E-state index in [2.05, 4.69) is 6.92 Å². The van der Waals surface area contributed by atoms with Gasteiger partial charge in [0.2, 0.25) is 0 Å². The van der Waals surface area contributed by atoms with E-state index in [0.717, 1.165) is 64.1 Å². The number of fused-ring (bicyclic) bond motifs is 1. The van der Waals surface area contributed by atoms with Crippen molar-refractivity contribution < 1.29 is 65.1 Å². The minimum atomic E-state index is -4.44. The predicted molar refractivity (Wildman–Crippen MR) is 213 cm³/mol. The van der Waals surface area contributed by atoms with Crippen LogP contribution in [-0.4, -0.2) is 58.4 Å². The van der Waals surface area contributed by atoms with Gasteiger partial charge >= 0.3 is 18.0 Å². The van der Waals surface area contributed by atoms with Crippen LogP contribution in [0.2, 0.25) is 0 Å². The molecule has 6 rings (SSSR count). The summed E-state index contributed by atoms with van der Waals surface area (Å²) in [5.74, 6) is -4.88. The van der Waals surface area contributed by atoms with Crippen LogP contribution in [0.4, 0.5) is 17.6 Å². The highest BCUT2D eigenvalue weighted by atomic mass is 19.3. The molecule has 5 aromatic rings. The molecule has 0 saturated carbocycles. The Balaban J connectivity index is 1.11. The van der Waals surface area contributed by atoms with E-state index in [1.165, 1.54) is 74.7 Å². The number of carbonyl (C=O) groups excluding carboxylic acids is 3. The second-order valence-electron chi connectivity index (χ2n) is 14.4. The van der Waals surface area contributed by atoms with Crippen molar-refractivity contribution in [1.82, 2.24) is 0 Å². The maximum Gasteiger partial charge on any atom is 0.429 e. The standard InChI is InChI=1S/C46H44F4O10/c1-4-45(27-56-28-45)26-55-21-9-5-6-10-22-57-38-20-15-31(23-40(38)54-3)44(53)59-43-32(25-51)24-39(35-11-7-8-12-36(35)43)60-46(49,50)37-19-18-34(41(47)42(37)48)30-13-16-33(17-14-30)58-29(2)52/h7-8,11-20,23-25H,4-6,9-10,21-22,26-28H2,1-3H3. The Morgan fingerprint density at radius 1 is 0.817 bits per heavy atom. The highest BCUT2D eigenvalue weighted by Gasteiger charge is 2.40. The van der Waals surface area contributed by atoms with Gasteiger partial charge in [0.25, 0.3) is 0 Å². The molecule has 0 amide bonds. The molecule has 1 fully saturated rings. The summed E-state index contributed by atoms with van der Waals surface area (Å²) < 4.78 is 100. The zero-order chi connectivity index (χ0) is 42.9. The predicted octanol–water partition coefficient (Wildman–Crippen LogP) is 10.3. The third kappa shape index (κ3) is 10.1. The summed E-state index contributed by atoms with van der Waals surface area (Å²) in [7, 11) is 1.42. The monoisotopic (exact) mass is 832 g/mol. The van der Waals surface area contributed by atoms with Gasteiger partial charge in [-0.3, -0.25) is 9.59 Å². The molecule has 10 nitrogen and oxygen atoms in total. The maximum atomic E-state index is 15.7. The van der Waals surface area contributed by atoms with Crippen molar-refractivity contribution in [2.24, 2.45) is 5.41 Å². The Labute approximate surface area is 344 Å². The molecule has 1 heterocycles. The van der Waals surface area contributed by atoms with Crippen molar-refractivity contribution in [1.29, 1.82) is 0 Å². The third-order valence-electron chi connectivity index (χ3n) is 10.2. The number of hydrogen-bond donors (Lipinski definition) is 0. The fraction of sp³-hybridized carbons (Fsp3) is 0.326. The van der Waals surface area contributed by atoms with Crippen LogP contribution in [0.5, 0.6) is 28.7 Å². The minimum Gasteiger partial charge on any atom is -0.493 e. The second kappa shape index (κ2) is 19.4. The van der Waals surface area contributed by atoms with Crippen LogP contribution in [-0.2, 0) is 20.4 Å². The van der Waals surface area contributed by atoms with Crippen molar-refractivity contribution in [2.45, 2.75) is 52.1 Å². The highest BCUT2D eigenvalue weighted by Crippen LogP contribution is 2.43. The van der Waals surface area contributed by atoms with Gasteiger partial charge in [-0.05, 0) is 73.7 Å². The van der Waals surface area contributed by atoms with Gasteiger partial charge in [-0.15, -0.1) is 0 Å². The summed E-state index contributed by atoms with van der Waals surface area (Å²) in [5.41, 5.74) is -1.71. The molecule has 5 aromatic carbocycles. The van der Waals surface area contributed by atoms with Gasteiger partial charge in [-0.2, -0.15) is 8.78 Å². The fourth-order valence-electron chi connectivity index (χ4n) is 6.66. The van der Waals surface area contributed by atoms with E-state index in [9.17, 15) is 14.4 Å². The van der Waals surface area contributed by atoms with Gasteiger partial charge in [-0.1, -0.05) is 55.8 Å². The van der Waals surface area contributed by atoms with Gasteiger partial charge in [0.05, 0.1) is 44.7 Å². The number of esters is 2. The molecule has 0 unspecified atom stereocenters. The normalized spacial score (nSPS) is 13.3. The van der Waals surface area contributed by atoms with Crippen molar-refractivity contribution in [3.05, 3.63) is 113 Å². The fourth-order valence-corrected chi connectivity index (χ4v) is 6.66. The van der Waals surface area contributed by atoms with Crippen LogP contribution in [0.15, 0.2) is 84.9 Å². The maximum absolute atomic E-state index is 15.7. The van der Waals surface area contributed by atoms with Gasteiger partial charge < -0.3 is 33.2 Å². The van der Waals surface area contributed by atoms with Gasteiger partial charge in [0.15, 0.2) is 29.4 Å². The smallest absolute Gasteiger partial charge is 0.429 e. The van der Waals surface area contributed by atoms with Crippen LogP contribution in [0.25, 0.3) is 21.9 Å². The first-order valence-electron chi connectivity index (χ1n) is 19.4. The molecular formula is C46H44F4O10. The summed E-state index contributed by atoms with van der Waals surface area (Å²) in [6, 6.07) is 18.2. The summed E-state index contributed by atoms with van der Waals surface area (Å²) in [6.07, 6.45) is 0.550. The molecule has 0 N–H and O–H groups in total. The van der Waals surface area contributed by atoms with E-state index >= 15 is 17.6 Å². The Bertz CT molecular complexity index is 2320. The lowest BCUT2D eigenvalue weighted by molar-refractivity contribution is -0.187. The molecule has 0 aromatic heterocycles. The lowest BCUT2D eigenvalue weighted by Crippen LogP contribution is -2.45. The van der Waals surface area contributed by atoms with E-state index < -0.39 is 41.0 Å². The molecular weight excluding hydrogens is 788 g/mol. The Kier molecular flexibility index (Phi) is 14.1. The van der Waals surface area contributed by atoms with E-state index in [-0.39, 0.29) is 55.7 Å². The molecule has 14 heteroatoms. The molecule has 1 saturated heterocycles. The first-order valence-corrected chi connectivity index (χ1v) is 19.4. The lowest BCUT2D eigenvalue weighted by Gasteiger charge is -2.40. The van der Waals surface area contributed by atoms with Gasteiger partial charge in [0.1, 0.15) is 22.8 Å². The van der Waals surface area contributed by atoms with Crippen molar-refractivity contribution in [2.75, 3.05) is 40.1 Å². The van der Waals surface area contributed by atoms with Gasteiger partial charge in [0, 0.05) is 35.3 Å². The van der Waals surface area contributed by atoms with E-state index in [1.54, 1.807) is 6.07 Å². The van der Waals surface area contributed by atoms with E-state index in [0.29, 0.717) is 31.3 Å². The summed E-state index contributed by atoms with van der Waals surface area (Å²) >= 11 is 0. The largest absolute Gasteiger partial charge is 0.493 e. The topological polar surface area (TPSA) is 116 Å². The number of hydrogen-bond acceptors (Lipinski definition) is 10. The first-order chi connectivity index (χ1) is 28.9. The average molecular weight is 833 g/mol. The Morgan fingerprint density at radius 2 is 1.53 bits per heavy atom. The SMILES string of the molecule is CCC1(COCCCCCCOc2ccc(C(=O)Oc3c(C=O)cc(OC(F)(F)c4ccc(-c5ccc(OC(C)=O)cc5)c(F)c4F)c4ccccc34)cc2OC)COC1. The number of alkyl halides is 2. The molecule has 0 spiro atoms. The van der Waals surface area contributed by atoms with E-state index in [4.69, 9.17) is 33.2 Å². The van der Waals surface area contributed by atoms with Crippen LogP contribution in [0.1, 0.15) is 72.2 Å². The second-order valence-corrected chi connectivity index (χ2v) is 14.4. The van der Waals surface area contributed by atoms with Crippen LogP contribution in [0.3, 0.4) is 0 Å². The van der Waals surface area contributed by atoms with Crippen molar-refractivity contribution in [3.8, 4) is 39.9 Å². The number of rotatable bonds is 20. The number of aldehydes is 1. The molecule has 1 aliphatic rings. The lowest BCUT2D eigenvalue weighted by atomic mass is 9.84. The van der Waals surface area contributed by atoms with Crippen molar-refractivity contribution in [3.63, 3.8) is 0 Å². The molecule has 60 heavy (non-hydrogen) atoms. The Hall–Kier alpha value is -5.99. The molecule has 316 valence electrons. The minimum absolute atomic E-state index is 0.0153. The number of unbranched alkanes of at least 4 members (excludes halogenated alkanes) is 3. The number of carbonyl (C=O) groups is 3. The van der Waals surface area contributed by atoms with Gasteiger partial charge in [-0.25, -0.2) is 13.6 Å². The van der Waals surface area contributed by atoms with Crippen LogP contribution in [0, 0.1) is 17.0 Å².